The Morgan fingerprint density at radius 1 is 1.29 bits per heavy atom. The van der Waals surface area contributed by atoms with E-state index in [1.807, 2.05) is 18.2 Å². The Balaban J connectivity index is 1.64. The standard InChI is InChI=1S/C22H20N2O4/c1-12(2)16-11-20(25)24-17-10-14(7-8-15(16)17)23-22(26)19-9-13-5-4-6-18(27-3)21(13)28-19/h4-12,15H,1-3H3,(H,24,25). The lowest BCUT2D eigenvalue weighted by atomic mass is 9.82. The SMILES string of the molecule is COc1cccc2cc(C(=O)N=C3C=CC4C(=C3)NC(=O)C=C4C(C)C)oc12. The predicted molar refractivity (Wildman–Crippen MR) is 106 cm³/mol. The molecule has 1 atom stereocenters. The molecular weight excluding hydrogens is 356 g/mol. The first-order valence-electron chi connectivity index (χ1n) is 9.08. The summed E-state index contributed by atoms with van der Waals surface area (Å²) in [5.74, 6) is 0.296. The Kier molecular flexibility index (Phi) is 4.47. The number of ether oxygens (including phenoxy) is 1. The van der Waals surface area contributed by atoms with Gasteiger partial charge in [-0.2, -0.15) is 0 Å². The van der Waals surface area contributed by atoms with Crippen molar-refractivity contribution in [2.24, 2.45) is 16.8 Å². The summed E-state index contributed by atoms with van der Waals surface area (Å²) in [6.45, 7) is 4.11. The molecule has 2 aromatic rings. The van der Waals surface area contributed by atoms with E-state index in [-0.39, 0.29) is 23.5 Å². The van der Waals surface area contributed by atoms with Crippen LogP contribution in [0.5, 0.6) is 5.75 Å². The summed E-state index contributed by atoms with van der Waals surface area (Å²) in [4.78, 5) is 28.7. The fraction of sp³-hybridized carbons (Fsp3) is 0.227. The van der Waals surface area contributed by atoms with Crippen molar-refractivity contribution >= 4 is 28.5 Å². The molecule has 1 aromatic heterocycles. The van der Waals surface area contributed by atoms with Crippen molar-refractivity contribution < 1.29 is 18.7 Å². The Morgan fingerprint density at radius 2 is 2.11 bits per heavy atom. The van der Waals surface area contributed by atoms with Gasteiger partial charge in [-0.1, -0.05) is 32.1 Å². The van der Waals surface area contributed by atoms with Crippen molar-refractivity contribution in [3.63, 3.8) is 0 Å². The van der Waals surface area contributed by atoms with Gasteiger partial charge in [0, 0.05) is 23.1 Å². The van der Waals surface area contributed by atoms with Gasteiger partial charge >= 0.3 is 5.91 Å². The maximum absolute atomic E-state index is 12.6. The van der Waals surface area contributed by atoms with Gasteiger partial charge in [0.2, 0.25) is 5.91 Å². The van der Waals surface area contributed by atoms with Crippen molar-refractivity contribution in [3.8, 4) is 5.75 Å². The van der Waals surface area contributed by atoms with E-state index in [1.54, 1.807) is 37.5 Å². The van der Waals surface area contributed by atoms with Gasteiger partial charge in [0.15, 0.2) is 17.1 Å². The third-order valence-electron chi connectivity index (χ3n) is 4.86. The zero-order valence-corrected chi connectivity index (χ0v) is 15.9. The summed E-state index contributed by atoms with van der Waals surface area (Å²) in [6.07, 6.45) is 7.13. The molecular formula is C22H20N2O4. The molecule has 0 fully saturated rings. The summed E-state index contributed by atoms with van der Waals surface area (Å²) in [5, 5.41) is 3.62. The molecule has 0 saturated carbocycles. The molecule has 28 heavy (non-hydrogen) atoms. The molecule has 0 saturated heterocycles. The van der Waals surface area contributed by atoms with Crippen LogP contribution in [-0.2, 0) is 4.79 Å². The summed E-state index contributed by atoms with van der Waals surface area (Å²) in [7, 11) is 1.55. The number of para-hydroxylation sites is 1. The Bertz CT molecular complexity index is 1100. The van der Waals surface area contributed by atoms with Crippen molar-refractivity contribution in [1.82, 2.24) is 5.32 Å². The van der Waals surface area contributed by atoms with Crippen LogP contribution in [0.4, 0.5) is 0 Å². The number of nitrogens with zero attached hydrogens (tertiary/aromatic N) is 1. The molecule has 2 heterocycles. The predicted octanol–water partition coefficient (Wildman–Crippen LogP) is 3.80. The normalized spacial score (nSPS) is 20.1. The molecule has 2 amide bonds. The van der Waals surface area contributed by atoms with Crippen LogP contribution in [0.2, 0.25) is 0 Å². The highest BCUT2D eigenvalue weighted by atomic mass is 16.5. The van der Waals surface area contributed by atoms with Gasteiger partial charge in [0.25, 0.3) is 0 Å². The number of aliphatic imine (C=N–C) groups is 1. The number of carbonyl (C=O) groups is 2. The molecule has 0 radical (unpaired) electrons. The van der Waals surface area contributed by atoms with Crippen LogP contribution < -0.4 is 10.1 Å². The molecule has 1 N–H and O–H groups in total. The number of benzene rings is 1. The summed E-state index contributed by atoms with van der Waals surface area (Å²) < 4.78 is 10.9. The van der Waals surface area contributed by atoms with Gasteiger partial charge in [-0.15, -0.1) is 0 Å². The van der Waals surface area contributed by atoms with E-state index in [1.165, 1.54) is 0 Å². The number of furan rings is 1. The lowest BCUT2D eigenvalue weighted by Crippen LogP contribution is -2.34. The van der Waals surface area contributed by atoms with Gasteiger partial charge in [0.05, 0.1) is 12.8 Å². The molecule has 0 bridgehead atoms. The Hall–Kier alpha value is -3.41. The van der Waals surface area contributed by atoms with Gasteiger partial charge < -0.3 is 14.5 Å². The molecule has 0 spiro atoms. The maximum atomic E-state index is 12.6. The largest absolute Gasteiger partial charge is 0.493 e. The van der Waals surface area contributed by atoms with E-state index in [4.69, 9.17) is 9.15 Å². The van der Waals surface area contributed by atoms with Crippen LogP contribution in [-0.4, -0.2) is 24.6 Å². The number of hydrogen-bond acceptors (Lipinski definition) is 4. The summed E-state index contributed by atoms with van der Waals surface area (Å²) in [5.41, 5.74) is 2.75. The van der Waals surface area contributed by atoms with E-state index in [0.29, 0.717) is 17.0 Å². The highest BCUT2D eigenvalue weighted by Gasteiger charge is 2.28. The number of methoxy groups -OCH3 is 1. The van der Waals surface area contributed by atoms with Gasteiger partial charge in [-0.25, -0.2) is 4.99 Å². The van der Waals surface area contributed by atoms with E-state index >= 15 is 0 Å². The lowest BCUT2D eigenvalue weighted by molar-refractivity contribution is -0.116. The average Bonchev–Trinajstić information content (AvgIpc) is 3.11. The third-order valence-corrected chi connectivity index (χ3v) is 4.86. The van der Waals surface area contributed by atoms with Crippen LogP contribution in [0.3, 0.4) is 0 Å². The van der Waals surface area contributed by atoms with Crippen molar-refractivity contribution in [2.75, 3.05) is 7.11 Å². The van der Waals surface area contributed by atoms with Gasteiger partial charge in [0.1, 0.15) is 0 Å². The minimum Gasteiger partial charge on any atom is -0.493 e. The second-order valence-electron chi connectivity index (χ2n) is 7.06. The molecule has 6 heteroatoms. The number of hydrogen-bond donors (Lipinski definition) is 1. The summed E-state index contributed by atoms with van der Waals surface area (Å²) in [6, 6.07) is 7.09. The molecule has 6 nitrogen and oxygen atoms in total. The number of nitrogens with one attached hydrogen (secondary N) is 1. The van der Waals surface area contributed by atoms with Crippen LogP contribution >= 0.6 is 0 Å². The maximum Gasteiger partial charge on any atom is 0.313 e. The zero-order chi connectivity index (χ0) is 19.8. The first kappa shape index (κ1) is 18.0. The fourth-order valence-electron chi connectivity index (χ4n) is 3.49. The molecule has 4 rings (SSSR count). The number of amides is 2. The van der Waals surface area contributed by atoms with Gasteiger partial charge in [-0.05, 0) is 35.8 Å². The highest BCUT2D eigenvalue weighted by Crippen LogP contribution is 2.32. The number of carbonyl (C=O) groups excluding carboxylic acids is 2. The Morgan fingerprint density at radius 3 is 2.86 bits per heavy atom. The third kappa shape index (κ3) is 3.17. The molecule has 1 aromatic carbocycles. The van der Waals surface area contributed by atoms with Crippen LogP contribution in [0, 0.1) is 11.8 Å². The smallest absolute Gasteiger partial charge is 0.313 e. The van der Waals surface area contributed by atoms with Crippen LogP contribution in [0.15, 0.2) is 69.2 Å². The van der Waals surface area contributed by atoms with E-state index in [2.05, 4.69) is 24.2 Å². The van der Waals surface area contributed by atoms with E-state index in [0.717, 1.165) is 16.7 Å². The average molecular weight is 376 g/mol. The fourth-order valence-corrected chi connectivity index (χ4v) is 3.49. The second kappa shape index (κ2) is 6.96. The van der Waals surface area contributed by atoms with E-state index < -0.39 is 5.91 Å². The van der Waals surface area contributed by atoms with Crippen LogP contribution in [0.1, 0.15) is 24.4 Å². The van der Waals surface area contributed by atoms with Crippen molar-refractivity contribution in [2.45, 2.75) is 13.8 Å². The minimum absolute atomic E-state index is 0.00205. The highest BCUT2D eigenvalue weighted by molar-refractivity contribution is 6.14. The molecule has 142 valence electrons. The topological polar surface area (TPSA) is 80.9 Å². The summed E-state index contributed by atoms with van der Waals surface area (Å²) >= 11 is 0. The lowest BCUT2D eigenvalue weighted by Gasteiger charge is -2.29. The molecule has 1 unspecified atom stereocenters. The first-order chi connectivity index (χ1) is 13.5. The van der Waals surface area contributed by atoms with Crippen LogP contribution in [0.25, 0.3) is 11.0 Å². The van der Waals surface area contributed by atoms with Gasteiger partial charge in [-0.3, -0.25) is 9.59 Å². The Labute approximate surface area is 162 Å². The zero-order valence-electron chi connectivity index (χ0n) is 15.9. The molecule has 1 aliphatic heterocycles. The van der Waals surface area contributed by atoms with Crippen molar-refractivity contribution in [3.05, 3.63) is 65.6 Å². The minimum atomic E-state index is -0.491. The first-order valence-corrected chi connectivity index (χ1v) is 9.08. The quantitative estimate of drug-likeness (QED) is 0.883. The number of allylic oxidation sites excluding steroid dienone is 3. The number of rotatable bonds is 3. The molecule has 1 aliphatic carbocycles. The second-order valence-corrected chi connectivity index (χ2v) is 7.06. The molecule has 2 aliphatic rings. The number of fused-ring (bicyclic) bond motifs is 2. The monoisotopic (exact) mass is 376 g/mol. The van der Waals surface area contributed by atoms with Crippen molar-refractivity contribution in [1.29, 1.82) is 0 Å². The van der Waals surface area contributed by atoms with E-state index in [9.17, 15) is 9.59 Å².